The summed E-state index contributed by atoms with van der Waals surface area (Å²) in [6, 6.07) is 14.9. The lowest BCUT2D eigenvalue weighted by Crippen LogP contribution is -2.75. The first-order valence-corrected chi connectivity index (χ1v) is 16.0. The van der Waals surface area contributed by atoms with E-state index in [-0.39, 0.29) is 17.7 Å². The number of carbonyl (C=O) groups is 2. The molecule has 3 aliphatic rings. The van der Waals surface area contributed by atoms with E-state index in [1.54, 1.807) is 0 Å². The van der Waals surface area contributed by atoms with Crippen LogP contribution in [0.4, 0.5) is 0 Å². The van der Waals surface area contributed by atoms with Crippen molar-refractivity contribution in [2.45, 2.75) is 95.9 Å². The minimum absolute atomic E-state index is 0.0770. The number of piperidine rings is 1. The molecule has 42 heavy (non-hydrogen) atoms. The van der Waals surface area contributed by atoms with E-state index in [1.165, 1.54) is 12.0 Å². The third-order valence-corrected chi connectivity index (χ3v) is 9.36. The highest BCUT2D eigenvalue weighted by Crippen LogP contribution is 2.37. The molecule has 0 unspecified atom stereocenters. The molecule has 2 aromatic rings. The van der Waals surface area contributed by atoms with Crippen molar-refractivity contribution in [2.24, 2.45) is 5.92 Å². The van der Waals surface area contributed by atoms with E-state index >= 15 is 0 Å². The van der Waals surface area contributed by atoms with Crippen LogP contribution >= 0.6 is 0 Å². The number of benzene rings is 2. The molecule has 2 atom stereocenters. The zero-order valence-corrected chi connectivity index (χ0v) is 25.2. The molecule has 228 valence electrons. The summed E-state index contributed by atoms with van der Waals surface area (Å²) in [5.74, 6) is 2.04. The Hall–Kier alpha value is -3.10. The predicted octanol–water partition coefficient (Wildman–Crippen LogP) is 5.28. The van der Waals surface area contributed by atoms with E-state index in [1.807, 2.05) is 48.2 Å². The van der Waals surface area contributed by atoms with Crippen LogP contribution in [-0.2, 0) is 16.1 Å². The molecular weight excluding hydrogens is 530 g/mol. The quantitative estimate of drug-likeness (QED) is 0.378. The Morgan fingerprint density at radius 2 is 1.67 bits per heavy atom. The number of carbonyl (C=O) groups excluding carboxylic acids is 2. The maximum Gasteiger partial charge on any atom is 0.248 e. The van der Waals surface area contributed by atoms with Gasteiger partial charge in [-0.25, -0.2) is 0 Å². The maximum atomic E-state index is 13.8. The van der Waals surface area contributed by atoms with Crippen LogP contribution in [-0.4, -0.2) is 70.6 Å². The highest BCUT2D eigenvalue weighted by atomic mass is 16.5. The number of aliphatic hydroxyl groups excluding tert-OH is 1. The summed E-state index contributed by atoms with van der Waals surface area (Å²) in [5, 5.41) is 14.2. The summed E-state index contributed by atoms with van der Waals surface area (Å²) in [7, 11) is 0. The van der Waals surface area contributed by atoms with Crippen molar-refractivity contribution < 1.29 is 24.2 Å². The summed E-state index contributed by atoms with van der Waals surface area (Å²) < 4.78 is 11.7. The van der Waals surface area contributed by atoms with E-state index in [2.05, 4.69) is 29.3 Å². The summed E-state index contributed by atoms with van der Waals surface area (Å²) in [6.45, 7) is 7.40. The molecule has 2 N–H and O–H groups in total. The second kappa shape index (κ2) is 13.9. The minimum atomic E-state index is -0.836. The minimum Gasteiger partial charge on any atom is -0.490 e. The summed E-state index contributed by atoms with van der Waals surface area (Å²) in [4.78, 5) is 31.8. The van der Waals surface area contributed by atoms with E-state index in [0.717, 1.165) is 69.7 Å². The van der Waals surface area contributed by atoms with E-state index in [9.17, 15) is 14.7 Å². The number of amides is 2. The van der Waals surface area contributed by atoms with Gasteiger partial charge in [0.25, 0.3) is 0 Å². The Kier molecular flexibility index (Phi) is 10.1. The Balaban J connectivity index is 1.21. The molecule has 2 heterocycles. The lowest BCUT2D eigenvalue weighted by Gasteiger charge is -2.52. The second-order valence-corrected chi connectivity index (χ2v) is 12.1. The van der Waals surface area contributed by atoms with Crippen LogP contribution in [0, 0.1) is 5.92 Å². The number of rotatable bonds is 11. The highest BCUT2D eigenvalue weighted by Gasteiger charge is 2.55. The number of nitrogens with zero attached hydrogens (tertiary/aromatic N) is 2. The fourth-order valence-corrected chi connectivity index (χ4v) is 6.89. The first-order valence-electron chi connectivity index (χ1n) is 16.0. The van der Waals surface area contributed by atoms with Gasteiger partial charge in [0.15, 0.2) is 11.5 Å². The van der Waals surface area contributed by atoms with Gasteiger partial charge < -0.3 is 24.8 Å². The Bertz CT molecular complexity index is 1190. The van der Waals surface area contributed by atoms with Crippen molar-refractivity contribution in [1.82, 2.24) is 15.1 Å². The van der Waals surface area contributed by atoms with Crippen molar-refractivity contribution in [2.75, 3.05) is 26.2 Å². The standard InChI is InChI=1S/C34H47N3O5/c1-3-5-21-37-32(39)30(31(38)26-11-7-6-8-12-26)35-33(40)34(37)19-22-36(23-20-34)24-25-15-17-27(18-16-25)42-29-14-10-9-13-28(29)41-4-2/h9-10,13-18,26,30-31,38H,3-8,11-12,19-24H2,1-2H3,(H,35,40)/t30-,31-/m1/s1. The highest BCUT2D eigenvalue weighted by molar-refractivity contribution is 6.00. The van der Waals surface area contributed by atoms with Gasteiger partial charge in [-0.2, -0.15) is 0 Å². The number of likely N-dealkylation sites (tertiary alicyclic amines) is 1. The number of hydrogen-bond donors (Lipinski definition) is 2. The molecule has 5 rings (SSSR count). The number of ether oxygens (including phenoxy) is 2. The summed E-state index contributed by atoms with van der Waals surface area (Å²) >= 11 is 0. The largest absolute Gasteiger partial charge is 0.490 e. The van der Waals surface area contributed by atoms with E-state index < -0.39 is 17.7 Å². The van der Waals surface area contributed by atoms with Gasteiger partial charge >= 0.3 is 0 Å². The van der Waals surface area contributed by atoms with Crippen molar-refractivity contribution in [3.8, 4) is 17.2 Å². The molecule has 8 heteroatoms. The van der Waals surface area contributed by atoms with Crippen molar-refractivity contribution in [3.05, 3.63) is 54.1 Å². The van der Waals surface area contributed by atoms with Gasteiger partial charge in [-0.3, -0.25) is 14.5 Å². The zero-order valence-electron chi connectivity index (χ0n) is 25.2. The van der Waals surface area contributed by atoms with Crippen LogP contribution in [0.25, 0.3) is 0 Å². The smallest absolute Gasteiger partial charge is 0.248 e. The average Bonchev–Trinajstić information content (AvgIpc) is 3.02. The molecule has 1 saturated carbocycles. The van der Waals surface area contributed by atoms with E-state index in [4.69, 9.17) is 9.47 Å². The maximum absolute atomic E-state index is 13.8. The van der Waals surface area contributed by atoms with Crippen molar-refractivity contribution in [3.63, 3.8) is 0 Å². The second-order valence-electron chi connectivity index (χ2n) is 12.1. The molecule has 1 aliphatic carbocycles. The average molecular weight is 578 g/mol. The van der Waals surface area contributed by atoms with Gasteiger partial charge in [0.05, 0.1) is 12.7 Å². The van der Waals surface area contributed by atoms with Gasteiger partial charge in [0.1, 0.15) is 17.3 Å². The van der Waals surface area contributed by atoms with Gasteiger partial charge in [-0.1, -0.05) is 56.9 Å². The molecule has 2 amide bonds. The van der Waals surface area contributed by atoms with Crippen LogP contribution in [0.2, 0.25) is 0 Å². The molecule has 1 spiro atoms. The Morgan fingerprint density at radius 1 is 0.976 bits per heavy atom. The van der Waals surface area contributed by atoms with Crippen molar-refractivity contribution in [1.29, 1.82) is 0 Å². The number of hydrogen-bond acceptors (Lipinski definition) is 6. The number of unbranched alkanes of at least 4 members (excludes halogenated alkanes) is 1. The monoisotopic (exact) mass is 577 g/mol. The lowest BCUT2D eigenvalue weighted by molar-refractivity contribution is -0.166. The summed E-state index contributed by atoms with van der Waals surface area (Å²) in [5.41, 5.74) is 0.330. The molecule has 0 aromatic heterocycles. The molecule has 2 aliphatic heterocycles. The molecule has 0 bridgehead atoms. The van der Waals surface area contributed by atoms with Crippen LogP contribution in [0.1, 0.15) is 77.2 Å². The zero-order chi connectivity index (χ0) is 29.5. The number of aliphatic hydroxyl groups is 1. The predicted molar refractivity (Wildman–Crippen MR) is 163 cm³/mol. The molecule has 8 nitrogen and oxygen atoms in total. The Labute approximate surface area is 250 Å². The fourth-order valence-electron chi connectivity index (χ4n) is 6.89. The molecular formula is C34H47N3O5. The van der Waals surface area contributed by atoms with Crippen molar-refractivity contribution >= 4 is 11.8 Å². The first-order chi connectivity index (χ1) is 20.4. The normalized spacial score (nSPS) is 22.2. The molecule has 2 saturated heterocycles. The topological polar surface area (TPSA) is 91.3 Å². The summed E-state index contributed by atoms with van der Waals surface area (Å²) in [6.07, 6.45) is 7.33. The third-order valence-electron chi connectivity index (χ3n) is 9.36. The van der Waals surface area contributed by atoms with Gasteiger partial charge in [0, 0.05) is 26.2 Å². The van der Waals surface area contributed by atoms with Crippen LogP contribution < -0.4 is 14.8 Å². The molecule has 3 fully saturated rings. The number of para-hydroxylation sites is 2. The van der Waals surface area contributed by atoms with Crippen LogP contribution in [0.5, 0.6) is 17.2 Å². The van der Waals surface area contributed by atoms with Gasteiger partial charge in [-0.15, -0.1) is 0 Å². The number of nitrogens with one attached hydrogen (secondary N) is 1. The SMILES string of the molecule is CCCCN1C(=O)[C@@H]([C@H](O)C2CCCCC2)NC(=O)C12CCN(Cc1ccc(Oc3ccccc3OCC)cc1)CC2. The number of piperazine rings is 1. The van der Waals surface area contributed by atoms with Crippen LogP contribution in [0.3, 0.4) is 0 Å². The fraction of sp³-hybridized carbons (Fsp3) is 0.588. The van der Waals surface area contributed by atoms with Crippen LogP contribution in [0.15, 0.2) is 48.5 Å². The lowest BCUT2D eigenvalue weighted by atomic mass is 9.78. The molecule has 0 radical (unpaired) electrons. The Morgan fingerprint density at radius 3 is 2.33 bits per heavy atom. The molecule has 2 aromatic carbocycles. The van der Waals surface area contributed by atoms with E-state index in [0.29, 0.717) is 31.7 Å². The first kappa shape index (κ1) is 30.4. The third kappa shape index (κ3) is 6.60. The van der Waals surface area contributed by atoms with Gasteiger partial charge in [0.2, 0.25) is 11.8 Å². The van der Waals surface area contributed by atoms with Gasteiger partial charge in [-0.05, 0) is 74.8 Å².